The van der Waals surface area contributed by atoms with Crippen molar-refractivity contribution in [1.29, 1.82) is 0 Å². The summed E-state index contributed by atoms with van der Waals surface area (Å²) in [5.74, 6) is 0.211. The van der Waals surface area contributed by atoms with E-state index in [1.165, 1.54) is 10.4 Å². The topological polar surface area (TPSA) is 36.9 Å². The van der Waals surface area contributed by atoms with Gasteiger partial charge in [-0.05, 0) is 43.3 Å². The zero-order chi connectivity index (χ0) is 14.8. The van der Waals surface area contributed by atoms with Crippen LogP contribution in [-0.2, 0) is 11.2 Å². The molecule has 2 aromatic rings. The monoisotopic (exact) mass is 301 g/mol. The molecule has 0 fully saturated rings. The second kappa shape index (κ2) is 6.00. The number of rotatable bonds is 4. The number of hydrogen-bond donors (Lipinski definition) is 1. The molecular weight excluding hydrogens is 280 g/mol. The second-order valence-electron chi connectivity index (χ2n) is 5.65. The average Bonchev–Trinajstić information content (AvgIpc) is 3.15. The molecule has 0 unspecified atom stereocenters. The van der Waals surface area contributed by atoms with E-state index in [9.17, 15) is 4.79 Å². The number of thiophene rings is 1. The summed E-state index contributed by atoms with van der Waals surface area (Å²) in [5, 5.41) is 4.25. The highest BCUT2D eigenvalue weighted by Crippen LogP contribution is 2.27. The van der Waals surface area contributed by atoms with Crippen LogP contribution in [0.5, 0.6) is 0 Å². The van der Waals surface area contributed by atoms with Crippen LogP contribution >= 0.6 is 11.3 Å². The van der Waals surface area contributed by atoms with Crippen molar-refractivity contribution in [3.8, 4) is 0 Å². The molecule has 0 aliphatic carbocycles. The van der Waals surface area contributed by atoms with Gasteiger partial charge in [-0.2, -0.15) is 0 Å². The highest BCUT2D eigenvalue weighted by atomic mass is 32.1. The van der Waals surface area contributed by atoms with Gasteiger partial charge in [0, 0.05) is 12.2 Å². The summed E-state index contributed by atoms with van der Waals surface area (Å²) in [6, 6.07) is 12.7. The molecule has 1 aromatic carbocycles. The van der Waals surface area contributed by atoms with Gasteiger partial charge in [-0.1, -0.05) is 24.3 Å². The van der Waals surface area contributed by atoms with E-state index in [2.05, 4.69) is 41.9 Å². The van der Waals surface area contributed by atoms with Gasteiger partial charge in [-0.25, -0.2) is 0 Å². The van der Waals surface area contributed by atoms with E-state index in [4.69, 9.17) is 0 Å². The van der Waals surface area contributed by atoms with E-state index in [0.717, 1.165) is 18.7 Å². The highest BCUT2D eigenvalue weighted by molar-refractivity contribution is 7.10. The normalized spacial score (nSPS) is 16.6. The molecule has 0 spiro atoms. The molecule has 0 radical (unpaired) electrons. The Morgan fingerprint density at radius 1 is 1.24 bits per heavy atom. The largest absolute Gasteiger partial charge is 0.330 e. The van der Waals surface area contributed by atoms with Gasteiger partial charge in [-0.3, -0.25) is 4.79 Å². The molecule has 4 heteroatoms. The predicted molar refractivity (Wildman–Crippen MR) is 86.6 cm³/mol. The van der Waals surface area contributed by atoms with Crippen LogP contribution in [0.25, 0.3) is 0 Å². The van der Waals surface area contributed by atoms with Gasteiger partial charge in [-0.15, -0.1) is 11.3 Å². The van der Waals surface area contributed by atoms with E-state index in [-0.39, 0.29) is 11.9 Å². The summed E-state index contributed by atoms with van der Waals surface area (Å²) < 4.78 is 0. The lowest BCUT2D eigenvalue weighted by molar-refractivity contribution is -0.709. The first-order valence-corrected chi connectivity index (χ1v) is 8.32. The number of quaternary nitrogens is 1. The van der Waals surface area contributed by atoms with Gasteiger partial charge >= 0.3 is 0 Å². The maximum atomic E-state index is 12.7. The summed E-state index contributed by atoms with van der Waals surface area (Å²) in [4.78, 5) is 16.0. The lowest BCUT2D eigenvalue weighted by Crippen LogP contribution is -2.92. The third-order valence-corrected chi connectivity index (χ3v) is 5.19. The van der Waals surface area contributed by atoms with Crippen LogP contribution in [0.15, 0.2) is 41.8 Å². The Bertz CT molecular complexity index is 623. The minimum atomic E-state index is -0.0618. The molecule has 1 amide bonds. The average molecular weight is 301 g/mol. The van der Waals surface area contributed by atoms with Crippen LogP contribution in [0.2, 0.25) is 0 Å². The molecule has 3 rings (SSSR count). The Morgan fingerprint density at radius 2 is 2.05 bits per heavy atom. The van der Waals surface area contributed by atoms with Gasteiger partial charge in [0.15, 0.2) is 6.04 Å². The predicted octanol–water partition coefficient (Wildman–Crippen LogP) is 2.35. The van der Waals surface area contributed by atoms with Crippen LogP contribution in [0.3, 0.4) is 0 Å². The third kappa shape index (κ3) is 2.87. The van der Waals surface area contributed by atoms with Crippen molar-refractivity contribution in [1.82, 2.24) is 0 Å². The van der Waals surface area contributed by atoms with Crippen molar-refractivity contribution < 1.29 is 10.1 Å². The number of anilines is 1. The summed E-state index contributed by atoms with van der Waals surface area (Å²) in [7, 11) is 0. The molecule has 1 aliphatic heterocycles. The lowest BCUT2D eigenvalue weighted by atomic mass is 10.1. The van der Waals surface area contributed by atoms with E-state index >= 15 is 0 Å². The molecule has 0 saturated carbocycles. The number of hydrogen-bond acceptors (Lipinski definition) is 2. The maximum Gasteiger partial charge on any atom is 0.284 e. The van der Waals surface area contributed by atoms with Crippen LogP contribution in [0, 0.1) is 0 Å². The fraction of sp³-hybridized carbons (Fsp3) is 0.353. The third-order valence-electron chi connectivity index (χ3n) is 4.11. The number of nitrogens with two attached hydrogens (primary N) is 1. The van der Waals surface area contributed by atoms with Gasteiger partial charge in [0.25, 0.3) is 5.91 Å². The van der Waals surface area contributed by atoms with Gasteiger partial charge in [0.1, 0.15) is 6.04 Å². The first-order valence-electron chi connectivity index (χ1n) is 7.44. The van der Waals surface area contributed by atoms with Crippen molar-refractivity contribution in [2.24, 2.45) is 0 Å². The second-order valence-corrected chi connectivity index (χ2v) is 6.63. The Morgan fingerprint density at radius 3 is 2.81 bits per heavy atom. The van der Waals surface area contributed by atoms with Crippen molar-refractivity contribution in [3.63, 3.8) is 0 Å². The summed E-state index contributed by atoms with van der Waals surface area (Å²) >= 11 is 1.75. The number of carbonyl (C=O) groups is 1. The first kappa shape index (κ1) is 14.3. The number of fused-ring (bicyclic) bond motifs is 1. The molecule has 1 aliphatic rings. The minimum Gasteiger partial charge on any atom is -0.330 e. The molecule has 1 aromatic heterocycles. The van der Waals surface area contributed by atoms with Crippen LogP contribution in [-0.4, -0.2) is 18.5 Å². The molecule has 0 bridgehead atoms. The van der Waals surface area contributed by atoms with Gasteiger partial charge in [0.2, 0.25) is 0 Å². The quantitative estimate of drug-likeness (QED) is 0.925. The Kier molecular flexibility index (Phi) is 4.08. The van der Waals surface area contributed by atoms with Crippen molar-refractivity contribution in [2.75, 3.05) is 11.4 Å². The SMILES string of the molecule is C[C@H]([NH2+][C@H](C)c1cccs1)C(=O)N1CCc2ccccc21. The smallest absolute Gasteiger partial charge is 0.284 e. The molecule has 2 heterocycles. The van der Waals surface area contributed by atoms with Gasteiger partial charge in [0.05, 0.1) is 4.88 Å². The van der Waals surface area contributed by atoms with E-state index in [1.54, 1.807) is 11.3 Å². The molecule has 3 nitrogen and oxygen atoms in total. The Hall–Kier alpha value is -1.65. The summed E-state index contributed by atoms with van der Waals surface area (Å²) in [6.45, 7) is 4.98. The number of para-hydroxylation sites is 1. The minimum absolute atomic E-state index is 0.0618. The van der Waals surface area contributed by atoms with Crippen molar-refractivity contribution >= 4 is 22.9 Å². The highest BCUT2D eigenvalue weighted by Gasteiger charge is 2.30. The first-order chi connectivity index (χ1) is 10.2. The lowest BCUT2D eigenvalue weighted by Gasteiger charge is -2.22. The fourth-order valence-corrected chi connectivity index (χ4v) is 3.74. The van der Waals surface area contributed by atoms with Gasteiger partial charge < -0.3 is 10.2 Å². The standard InChI is InChI=1S/C17H20N2OS/c1-12(16-8-5-11-21-16)18-13(2)17(20)19-10-9-14-6-3-4-7-15(14)19/h3-8,11-13,18H,9-10H2,1-2H3/p+1/t12-,13+/m1/s1. The molecule has 21 heavy (non-hydrogen) atoms. The van der Waals surface area contributed by atoms with E-state index in [1.807, 2.05) is 24.0 Å². The van der Waals surface area contributed by atoms with Crippen molar-refractivity contribution in [2.45, 2.75) is 32.4 Å². The van der Waals surface area contributed by atoms with Crippen LogP contribution in [0.1, 0.15) is 30.3 Å². The summed E-state index contributed by atoms with van der Waals surface area (Å²) in [6.07, 6.45) is 0.967. The Balaban J connectivity index is 1.68. The Labute approximate surface area is 129 Å². The number of benzene rings is 1. The molecule has 0 saturated heterocycles. The molecule has 2 N–H and O–H groups in total. The number of carbonyl (C=O) groups excluding carboxylic acids is 1. The van der Waals surface area contributed by atoms with Crippen LogP contribution < -0.4 is 10.2 Å². The van der Waals surface area contributed by atoms with E-state index < -0.39 is 0 Å². The zero-order valence-electron chi connectivity index (χ0n) is 12.5. The van der Waals surface area contributed by atoms with Crippen LogP contribution in [0.4, 0.5) is 5.69 Å². The van der Waals surface area contributed by atoms with Crippen molar-refractivity contribution in [3.05, 3.63) is 52.2 Å². The maximum absolute atomic E-state index is 12.7. The molecule has 2 atom stereocenters. The number of nitrogens with zero attached hydrogens (tertiary/aromatic N) is 1. The number of amides is 1. The van der Waals surface area contributed by atoms with E-state index in [0.29, 0.717) is 6.04 Å². The molecular formula is C17H21N2OS+. The summed E-state index contributed by atoms with van der Waals surface area (Å²) in [5.41, 5.74) is 2.37. The molecule has 110 valence electrons. The fourth-order valence-electron chi connectivity index (χ4n) is 2.97. The zero-order valence-corrected chi connectivity index (χ0v) is 13.3.